The summed E-state index contributed by atoms with van der Waals surface area (Å²) < 4.78 is 13.7. The molecule has 0 radical (unpaired) electrons. The van der Waals surface area contributed by atoms with Crippen LogP contribution in [0.4, 0.5) is 10.1 Å². The zero-order valence-electron chi connectivity index (χ0n) is 18.4. The van der Waals surface area contributed by atoms with Gasteiger partial charge in [0.25, 0.3) is 0 Å². The number of carbonyl (C=O) groups excluding carboxylic acids is 2. The number of anilines is 1. The maximum absolute atomic E-state index is 13.7. The number of halogens is 2. The number of hydrogen-bond acceptors (Lipinski definition) is 5. The van der Waals surface area contributed by atoms with Gasteiger partial charge in [0, 0.05) is 23.0 Å². The lowest BCUT2D eigenvalue weighted by atomic mass is 9.97. The van der Waals surface area contributed by atoms with E-state index in [0.717, 1.165) is 11.1 Å². The van der Waals surface area contributed by atoms with Crippen molar-refractivity contribution in [3.05, 3.63) is 89.2 Å². The van der Waals surface area contributed by atoms with Crippen LogP contribution in [0, 0.1) is 5.82 Å². The number of aliphatic hydroxyl groups excluding tert-OH is 1. The van der Waals surface area contributed by atoms with Crippen LogP contribution in [0.5, 0.6) is 0 Å². The van der Waals surface area contributed by atoms with E-state index in [1.807, 2.05) is 30.3 Å². The van der Waals surface area contributed by atoms with Gasteiger partial charge in [0.1, 0.15) is 5.82 Å². The Morgan fingerprint density at radius 2 is 1.63 bits per heavy atom. The molecule has 0 aliphatic heterocycles. The standard InChI is InChI=1S/C25H23ClFN3O5/c26-19-13-15(10-11-18(19)16-6-2-1-3-7-16)12-17(14-22(31)25(34)35)28-23(32)24(33)30-29-21-9-5-4-8-20(21)27/h1-11,13,17,22,29,31H,12,14H2,(H,28,32)(H,30,33)(H,34,35)/t17-,22-/m1/s1. The first kappa shape index (κ1) is 25.7. The first-order valence-electron chi connectivity index (χ1n) is 10.6. The second-order valence-corrected chi connectivity index (χ2v) is 8.11. The summed E-state index contributed by atoms with van der Waals surface area (Å²) in [6, 6.07) is 19.3. The van der Waals surface area contributed by atoms with E-state index in [9.17, 15) is 23.9 Å². The van der Waals surface area contributed by atoms with Crippen LogP contribution in [-0.2, 0) is 20.8 Å². The fourth-order valence-electron chi connectivity index (χ4n) is 3.38. The molecule has 2 amide bonds. The molecule has 182 valence electrons. The molecule has 8 nitrogen and oxygen atoms in total. The van der Waals surface area contributed by atoms with Gasteiger partial charge >= 0.3 is 17.8 Å². The summed E-state index contributed by atoms with van der Waals surface area (Å²) >= 11 is 6.44. The summed E-state index contributed by atoms with van der Waals surface area (Å²) in [4.78, 5) is 35.7. The predicted octanol–water partition coefficient (Wildman–Crippen LogP) is 3.15. The van der Waals surface area contributed by atoms with Gasteiger partial charge in [0.15, 0.2) is 6.10 Å². The molecule has 2 atom stereocenters. The number of carbonyl (C=O) groups is 3. The average molecular weight is 500 g/mol. The van der Waals surface area contributed by atoms with E-state index in [2.05, 4.69) is 16.2 Å². The average Bonchev–Trinajstić information content (AvgIpc) is 2.83. The van der Waals surface area contributed by atoms with Gasteiger partial charge in [-0.2, -0.15) is 0 Å². The lowest BCUT2D eigenvalue weighted by Crippen LogP contribution is -2.48. The molecular formula is C25H23ClFN3O5. The van der Waals surface area contributed by atoms with E-state index in [0.29, 0.717) is 10.6 Å². The normalized spacial score (nSPS) is 12.3. The van der Waals surface area contributed by atoms with Gasteiger partial charge < -0.3 is 15.5 Å². The van der Waals surface area contributed by atoms with Gasteiger partial charge in [0.05, 0.1) is 5.69 Å². The minimum Gasteiger partial charge on any atom is -0.479 e. The summed E-state index contributed by atoms with van der Waals surface area (Å²) in [7, 11) is 0. The summed E-state index contributed by atoms with van der Waals surface area (Å²) in [5.41, 5.74) is 6.70. The molecule has 0 fully saturated rings. The van der Waals surface area contributed by atoms with E-state index in [1.54, 1.807) is 18.2 Å². The number of benzene rings is 3. The monoisotopic (exact) mass is 499 g/mol. The van der Waals surface area contributed by atoms with Crippen LogP contribution in [0.15, 0.2) is 72.8 Å². The van der Waals surface area contributed by atoms with Crippen LogP contribution in [0.2, 0.25) is 5.02 Å². The molecule has 5 N–H and O–H groups in total. The maximum Gasteiger partial charge on any atom is 0.332 e. The number of aliphatic carboxylic acids is 1. The number of carboxylic acids is 1. The summed E-state index contributed by atoms with van der Waals surface area (Å²) in [6.07, 6.45) is -2.02. The molecule has 10 heteroatoms. The first-order valence-corrected chi connectivity index (χ1v) is 11.0. The molecule has 0 saturated carbocycles. The second kappa shape index (κ2) is 12.0. The van der Waals surface area contributed by atoms with E-state index >= 15 is 0 Å². The lowest BCUT2D eigenvalue weighted by Gasteiger charge is -2.21. The van der Waals surface area contributed by atoms with Gasteiger partial charge in [-0.3, -0.25) is 20.4 Å². The van der Waals surface area contributed by atoms with Crippen molar-refractivity contribution in [3.8, 4) is 11.1 Å². The molecule has 0 saturated heterocycles. The van der Waals surface area contributed by atoms with Crippen LogP contribution in [0.1, 0.15) is 12.0 Å². The number of hydrogen-bond donors (Lipinski definition) is 5. The third kappa shape index (κ3) is 7.26. The second-order valence-electron chi connectivity index (χ2n) is 7.70. The Labute approximate surface area is 205 Å². The Kier molecular flexibility index (Phi) is 8.77. The Morgan fingerprint density at radius 3 is 2.29 bits per heavy atom. The van der Waals surface area contributed by atoms with Crippen molar-refractivity contribution in [2.45, 2.75) is 25.0 Å². The van der Waals surface area contributed by atoms with Crippen LogP contribution in [-0.4, -0.2) is 40.1 Å². The fourth-order valence-corrected chi connectivity index (χ4v) is 3.69. The Morgan fingerprint density at radius 1 is 0.943 bits per heavy atom. The Bertz CT molecular complexity index is 1210. The number of hydrazine groups is 1. The van der Waals surface area contributed by atoms with Gasteiger partial charge in [0.2, 0.25) is 0 Å². The summed E-state index contributed by atoms with van der Waals surface area (Å²) in [6.45, 7) is 0. The van der Waals surface area contributed by atoms with Crippen molar-refractivity contribution < 1.29 is 29.0 Å². The number of aliphatic hydroxyl groups is 1. The van der Waals surface area contributed by atoms with E-state index in [-0.39, 0.29) is 18.5 Å². The highest BCUT2D eigenvalue weighted by Crippen LogP contribution is 2.29. The molecule has 3 aromatic carbocycles. The SMILES string of the molecule is O=C(NNc1ccccc1F)C(=O)N[C@H](Cc1ccc(-c2ccccc2)c(Cl)c1)C[C@@H](O)C(=O)O. The first-order chi connectivity index (χ1) is 16.7. The van der Waals surface area contributed by atoms with Gasteiger partial charge in [-0.25, -0.2) is 9.18 Å². The highest BCUT2D eigenvalue weighted by molar-refractivity contribution is 6.35. The number of para-hydroxylation sites is 1. The van der Waals surface area contributed by atoms with Gasteiger partial charge in [-0.05, 0) is 35.7 Å². The van der Waals surface area contributed by atoms with Crippen LogP contribution in [0.3, 0.4) is 0 Å². The van der Waals surface area contributed by atoms with E-state index < -0.39 is 35.7 Å². The third-order valence-electron chi connectivity index (χ3n) is 5.12. The molecule has 0 spiro atoms. The lowest BCUT2D eigenvalue weighted by molar-refractivity contribution is -0.147. The van der Waals surface area contributed by atoms with Crippen molar-refractivity contribution in [2.24, 2.45) is 0 Å². The quantitative estimate of drug-likeness (QED) is 0.227. The molecule has 0 aliphatic rings. The zero-order chi connectivity index (χ0) is 25.4. The van der Waals surface area contributed by atoms with Crippen LogP contribution < -0.4 is 16.2 Å². The fraction of sp³-hybridized carbons (Fsp3) is 0.160. The van der Waals surface area contributed by atoms with E-state index in [4.69, 9.17) is 16.7 Å². The Balaban J connectivity index is 1.69. The van der Waals surface area contributed by atoms with Gasteiger partial charge in [-0.1, -0.05) is 66.2 Å². The van der Waals surface area contributed by atoms with Crippen molar-refractivity contribution in [1.29, 1.82) is 0 Å². The molecule has 35 heavy (non-hydrogen) atoms. The maximum atomic E-state index is 13.7. The van der Waals surface area contributed by atoms with Crippen LogP contribution >= 0.6 is 11.6 Å². The largest absolute Gasteiger partial charge is 0.479 e. The Hall–Kier alpha value is -3.95. The smallest absolute Gasteiger partial charge is 0.332 e. The number of nitrogens with one attached hydrogen (secondary N) is 3. The minimum atomic E-state index is -1.76. The molecule has 0 unspecified atom stereocenters. The van der Waals surface area contributed by atoms with Crippen molar-refractivity contribution in [3.63, 3.8) is 0 Å². The number of rotatable bonds is 9. The molecule has 3 aromatic rings. The highest BCUT2D eigenvalue weighted by Gasteiger charge is 2.25. The molecule has 0 aliphatic carbocycles. The van der Waals surface area contributed by atoms with E-state index in [1.165, 1.54) is 24.3 Å². The van der Waals surface area contributed by atoms with Crippen LogP contribution in [0.25, 0.3) is 11.1 Å². The van der Waals surface area contributed by atoms with Crippen molar-refractivity contribution >= 4 is 35.1 Å². The summed E-state index contributed by atoms with van der Waals surface area (Å²) in [5.74, 6) is -4.32. The number of amides is 2. The number of carboxylic acid groups (broad SMARTS) is 1. The van der Waals surface area contributed by atoms with Crippen molar-refractivity contribution in [2.75, 3.05) is 5.43 Å². The third-order valence-corrected chi connectivity index (χ3v) is 5.43. The minimum absolute atomic E-state index is 0.0420. The molecule has 0 heterocycles. The zero-order valence-corrected chi connectivity index (χ0v) is 19.1. The molecule has 3 rings (SSSR count). The predicted molar refractivity (Wildman–Crippen MR) is 129 cm³/mol. The summed E-state index contributed by atoms with van der Waals surface area (Å²) in [5, 5.41) is 21.8. The highest BCUT2D eigenvalue weighted by atomic mass is 35.5. The topological polar surface area (TPSA) is 128 Å². The van der Waals surface area contributed by atoms with Gasteiger partial charge in [-0.15, -0.1) is 0 Å². The molecule has 0 bridgehead atoms. The molecule has 0 aromatic heterocycles. The van der Waals surface area contributed by atoms with Crippen molar-refractivity contribution in [1.82, 2.24) is 10.7 Å². The molecular weight excluding hydrogens is 477 g/mol.